The van der Waals surface area contributed by atoms with Gasteiger partial charge in [0.1, 0.15) is 46.5 Å². The summed E-state index contributed by atoms with van der Waals surface area (Å²) in [7, 11) is 5.19. The number of carboxylic acid groups (broad SMARTS) is 1. The van der Waals surface area contributed by atoms with E-state index in [0.717, 1.165) is 59.7 Å². The van der Waals surface area contributed by atoms with E-state index in [9.17, 15) is 14.4 Å². The van der Waals surface area contributed by atoms with Crippen LogP contribution in [-0.4, -0.2) is 118 Å². The number of carbonyl (C=O) groups excluding carboxylic acids is 1. The second-order valence-electron chi connectivity index (χ2n) is 11.9. The molecule has 0 bridgehead atoms. The predicted molar refractivity (Wildman–Crippen MR) is 312 cm³/mol. The average Bonchev–Trinajstić information content (AvgIpc) is 3.35. The second-order valence-corrected chi connectivity index (χ2v) is 17.9. The summed E-state index contributed by atoms with van der Waals surface area (Å²) in [5.41, 5.74) is 9.30. The largest absolute Gasteiger partial charge is 0.477 e. The molecule has 0 aliphatic carbocycles. The number of aromatic amines is 1. The van der Waals surface area contributed by atoms with Gasteiger partial charge in [-0.2, -0.15) is 0 Å². The summed E-state index contributed by atoms with van der Waals surface area (Å²) in [6.07, 6.45) is 18.0. The van der Waals surface area contributed by atoms with Crippen LogP contribution in [0, 0.1) is 14.3 Å². The van der Waals surface area contributed by atoms with E-state index in [1.165, 1.54) is 44.4 Å². The van der Waals surface area contributed by atoms with Gasteiger partial charge in [0.15, 0.2) is 0 Å². The van der Waals surface area contributed by atoms with Crippen LogP contribution in [0.5, 0.6) is 0 Å². The van der Waals surface area contributed by atoms with Gasteiger partial charge < -0.3 is 26.5 Å². The fourth-order valence-corrected chi connectivity index (χ4v) is 7.15. The van der Waals surface area contributed by atoms with Crippen LogP contribution in [0.2, 0.25) is 10.3 Å². The zero-order chi connectivity index (χ0) is 49.3. The molecule has 0 aliphatic heterocycles. The van der Waals surface area contributed by atoms with Gasteiger partial charge in [0.2, 0.25) is 0 Å². The third-order valence-electron chi connectivity index (χ3n) is 7.63. The highest BCUT2D eigenvalue weighted by Crippen LogP contribution is 2.27. The number of carboxylic acids is 1. The molecule has 9 radical (unpaired) electrons. The van der Waals surface area contributed by atoms with E-state index in [1.54, 1.807) is 43.1 Å². The van der Waals surface area contributed by atoms with E-state index in [-0.39, 0.29) is 41.5 Å². The zero-order valence-electron chi connectivity index (χ0n) is 36.6. The molecular formula is C42H35B3Cl3I4N14O4. The molecule has 355 valence electrons. The Balaban J connectivity index is 0.000000840. The maximum atomic E-state index is 10.7. The first-order chi connectivity index (χ1) is 32.2. The third kappa shape index (κ3) is 21.9. The fourth-order valence-electron chi connectivity index (χ4n) is 4.77. The highest BCUT2D eigenvalue weighted by Gasteiger charge is 2.10. The van der Waals surface area contributed by atoms with Crippen molar-refractivity contribution in [1.29, 1.82) is 0 Å². The molecule has 6 N–H and O–H groups in total. The molecule has 0 amide bonds. The van der Waals surface area contributed by atoms with Gasteiger partial charge in [-0.3, -0.25) is 9.59 Å². The first kappa shape index (κ1) is 65.5. The van der Waals surface area contributed by atoms with Crippen molar-refractivity contribution in [3.05, 3.63) is 169 Å². The molecule has 0 saturated heterocycles. The number of carbonyl (C=O) groups is 2. The monoisotopic (exact) mass is 1440 g/mol. The molecule has 18 nitrogen and oxygen atoms in total. The Bertz CT molecular complexity index is 2810. The Labute approximate surface area is 478 Å². The van der Waals surface area contributed by atoms with E-state index < -0.39 is 16.8 Å². The van der Waals surface area contributed by atoms with Gasteiger partial charge in [0, 0.05) is 120 Å². The van der Waals surface area contributed by atoms with Crippen LogP contribution in [0.1, 0.15) is 20.7 Å². The molecule has 0 aliphatic rings. The summed E-state index contributed by atoms with van der Waals surface area (Å²) in [4.78, 5) is 74.3. The Hall–Kier alpha value is -4.53. The number of hydrogen-bond donors (Lipinski definition) is 5. The molecule has 0 unspecified atom stereocenters. The molecule has 0 spiro atoms. The molecule has 0 saturated carbocycles. The van der Waals surface area contributed by atoms with Gasteiger partial charge in [0.05, 0.1) is 22.6 Å². The van der Waals surface area contributed by atoms with E-state index in [0.29, 0.717) is 5.15 Å². The van der Waals surface area contributed by atoms with Crippen LogP contribution < -0.4 is 21.9 Å². The maximum absolute atomic E-state index is 10.7. The number of hydrogen-bond acceptors (Lipinski definition) is 16. The first-order valence-corrected chi connectivity index (χ1v) is 23.9. The molecule has 0 aromatic carbocycles. The number of nitrogens with two attached hydrogens (primary N) is 1. The van der Waals surface area contributed by atoms with Crippen LogP contribution >= 0.6 is 125 Å². The lowest BCUT2D eigenvalue weighted by molar-refractivity contribution is 0.0694. The van der Waals surface area contributed by atoms with Crippen molar-refractivity contribution in [2.45, 2.75) is 0 Å². The number of nitrogens with zero attached hydrogens (tertiary/aromatic N) is 10. The van der Waals surface area contributed by atoms with Crippen molar-refractivity contribution in [2.75, 3.05) is 31.8 Å². The Morgan fingerprint density at radius 3 is 1.31 bits per heavy atom. The second kappa shape index (κ2) is 35.6. The van der Waals surface area contributed by atoms with Gasteiger partial charge in [-0.25, -0.2) is 54.6 Å². The van der Waals surface area contributed by atoms with E-state index in [4.69, 9.17) is 39.9 Å². The van der Waals surface area contributed by atoms with E-state index in [2.05, 4.69) is 139 Å². The van der Waals surface area contributed by atoms with Crippen LogP contribution in [0.15, 0.2) is 128 Å². The van der Waals surface area contributed by atoms with Gasteiger partial charge in [-0.1, -0.05) is 23.2 Å². The molecule has 28 heteroatoms. The highest BCUT2D eigenvalue weighted by atomic mass is 127. The van der Waals surface area contributed by atoms with Crippen molar-refractivity contribution in [3.63, 3.8) is 0 Å². The molecule has 0 fully saturated rings. The van der Waals surface area contributed by atoms with Crippen molar-refractivity contribution in [3.8, 4) is 33.8 Å². The van der Waals surface area contributed by atoms with Gasteiger partial charge >= 0.3 is 5.97 Å². The first-order valence-electron chi connectivity index (χ1n) is 18.5. The molecule has 8 heterocycles. The minimum Gasteiger partial charge on any atom is -0.477 e. The summed E-state index contributed by atoms with van der Waals surface area (Å²) in [6, 6.07) is 15.9. The van der Waals surface area contributed by atoms with Crippen LogP contribution in [0.25, 0.3) is 33.8 Å². The minimum absolute atomic E-state index is 0. The van der Waals surface area contributed by atoms with Gasteiger partial charge in [0.25, 0.3) is 10.8 Å². The average molecular weight is 1450 g/mol. The standard InChI is InChI=1S/2C10H9IN4.C9H5ClIN3.C6H2Cl2INO.C6H5NO3.CH5N.3B/c2*1-12-10-8(4-7(11)5-14-10)9-2-3-13-6-15-9;10-9-7(3-6(11)4-13-9)8-1-2-12-5-14-8;7-5-4(6(8)11)1-3(9)2-10-5;8-5-4(6(9)10)2-1-3-7-5;1-2;;;/h2*2-6H,1H3,(H,12,14);1-5H;1-2H;1-3H,(H,7,8)(H,9,10);2H2,1H3;;;. The van der Waals surface area contributed by atoms with Crippen molar-refractivity contribution >= 4 is 173 Å². The number of pyridine rings is 5. The molecule has 8 aromatic rings. The van der Waals surface area contributed by atoms with Crippen LogP contribution in [0.3, 0.4) is 0 Å². The lowest BCUT2D eigenvalue weighted by Crippen LogP contribution is -2.15. The SMILES string of the molecule is CN.CNc1ncc(I)cc1-c1ccncn1.CNc1ncc(I)cc1-c1ccncn1.Clc1ncc(I)cc1-c1ccncn1.O=C(Cl)c1cc(I)cnc1Cl.O=C(O)c1ccc[nH]c1=O.[B].[B].[B]. The maximum Gasteiger partial charge on any atom is 0.341 e. The summed E-state index contributed by atoms with van der Waals surface area (Å²) in [6.45, 7) is 0. The smallest absolute Gasteiger partial charge is 0.341 e. The summed E-state index contributed by atoms with van der Waals surface area (Å²) in [5, 5.41) is 14.5. The quantitative estimate of drug-likeness (QED) is 0.0434. The lowest BCUT2D eigenvalue weighted by Gasteiger charge is -2.07. The number of aromatic nitrogens is 11. The van der Waals surface area contributed by atoms with Gasteiger partial charge in [-0.15, -0.1) is 0 Å². The highest BCUT2D eigenvalue weighted by molar-refractivity contribution is 14.1. The van der Waals surface area contributed by atoms with E-state index >= 15 is 0 Å². The lowest BCUT2D eigenvalue weighted by atomic mass is 10.2. The molecule has 0 atom stereocenters. The van der Waals surface area contributed by atoms with Crippen LogP contribution in [0.4, 0.5) is 11.6 Å². The van der Waals surface area contributed by atoms with Crippen molar-refractivity contribution in [1.82, 2.24) is 54.8 Å². The molecular weight excluding hydrogens is 1410 g/mol. The molecule has 8 rings (SSSR count). The van der Waals surface area contributed by atoms with E-state index in [1.807, 2.05) is 79.4 Å². The summed E-state index contributed by atoms with van der Waals surface area (Å²) >= 11 is 25.4. The Morgan fingerprint density at radius 1 is 0.586 bits per heavy atom. The van der Waals surface area contributed by atoms with Crippen molar-refractivity contribution < 1.29 is 14.7 Å². The fraction of sp³-hybridized carbons (Fsp3) is 0.0714. The zero-order valence-corrected chi connectivity index (χ0v) is 47.5. The summed E-state index contributed by atoms with van der Waals surface area (Å²) in [5.74, 6) is 0.449. The van der Waals surface area contributed by atoms with Crippen molar-refractivity contribution in [2.24, 2.45) is 5.73 Å². The number of anilines is 2. The Kier molecular flexibility index (Phi) is 33.3. The predicted octanol–water partition coefficient (Wildman–Crippen LogP) is 8.39. The van der Waals surface area contributed by atoms with Crippen LogP contribution in [-0.2, 0) is 0 Å². The molecule has 70 heavy (non-hydrogen) atoms. The topological polar surface area (TPSA) is 266 Å². The molecule has 8 aromatic heterocycles. The number of nitrogens with one attached hydrogen (secondary N) is 3. The minimum atomic E-state index is -1.21. The number of H-pyrrole nitrogens is 1. The summed E-state index contributed by atoms with van der Waals surface area (Å²) < 4.78 is 4.03. The Morgan fingerprint density at radius 2 is 0.971 bits per heavy atom. The normalized spacial score (nSPS) is 9.24. The number of halogens is 7. The third-order valence-corrected chi connectivity index (χ3v) is 10.8. The van der Waals surface area contributed by atoms with Gasteiger partial charge in [-0.05, 0) is 164 Å². The number of aromatic carboxylic acids is 1. The number of rotatable bonds is 7.